The molecule has 0 aliphatic carbocycles. The van der Waals surface area contributed by atoms with E-state index in [1.54, 1.807) is 0 Å². The predicted octanol–water partition coefficient (Wildman–Crippen LogP) is 9.16. The summed E-state index contributed by atoms with van der Waals surface area (Å²) in [6.45, 7) is 0. The highest BCUT2D eigenvalue weighted by Crippen LogP contribution is 2.36. The quantitative estimate of drug-likeness (QED) is 0.263. The van der Waals surface area contributed by atoms with Crippen molar-refractivity contribution in [3.05, 3.63) is 121 Å². The van der Waals surface area contributed by atoms with Gasteiger partial charge in [-0.15, -0.1) is 11.3 Å². The maximum Gasteiger partial charge on any atom is 0.0408 e. The molecule has 0 aliphatic heterocycles. The number of nitrogens with zero attached hydrogens (tertiary/aromatic N) is 1. The van der Waals surface area contributed by atoms with Crippen LogP contribution in [-0.2, 0) is 0 Å². The van der Waals surface area contributed by atoms with E-state index in [1.165, 1.54) is 53.8 Å². The molecule has 1 nitrogen and oxygen atoms in total. The summed E-state index contributed by atoms with van der Waals surface area (Å²) in [5.74, 6) is 0. The van der Waals surface area contributed by atoms with Gasteiger partial charge in [0, 0.05) is 38.6 Å². The van der Waals surface area contributed by atoms with Crippen LogP contribution in [-0.4, -0.2) is 7.05 Å². The molecule has 0 atom stereocenters. The second-order valence-electron chi connectivity index (χ2n) is 8.33. The van der Waals surface area contributed by atoms with Gasteiger partial charge in [-0.3, -0.25) is 0 Å². The van der Waals surface area contributed by atoms with E-state index in [0.29, 0.717) is 0 Å². The molecule has 2 heteroatoms. The normalized spacial score (nSPS) is 11.2. The minimum Gasteiger partial charge on any atom is -0.345 e. The smallest absolute Gasteiger partial charge is 0.0408 e. The molecule has 158 valence electrons. The van der Waals surface area contributed by atoms with Crippen molar-refractivity contribution in [2.24, 2.45) is 0 Å². The Morgan fingerprint density at radius 1 is 0.455 bits per heavy atom. The van der Waals surface area contributed by atoms with Gasteiger partial charge < -0.3 is 4.90 Å². The lowest BCUT2D eigenvalue weighted by molar-refractivity contribution is 1.21. The minimum atomic E-state index is 1.18. The fourth-order valence-electron chi connectivity index (χ4n) is 4.44. The lowest BCUT2D eigenvalue weighted by atomic mass is 10.0. The molecule has 6 rings (SSSR count). The largest absolute Gasteiger partial charge is 0.345 e. The Labute approximate surface area is 198 Å². The molecule has 0 spiro atoms. The summed E-state index contributed by atoms with van der Waals surface area (Å²) >= 11 is 1.87. The number of rotatable bonds is 4. The Morgan fingerprint density at radius 3 is 1.67 bits per heavy atom. The lowest BCUT2D eigenvalue weighted by Crippen LogP contribution is -2.08. The van der Waals surface area contributed by atoms with E-state index in [1.807, 2.05) is 11.3 Å². The SMILES string of the molecule is CN(c1ccc(-c2ccccc2)cc1)c1ccc(-c2ccc3c(c2)sc2ccccc23)cc1. The molecule has 0 amide bonds. The number of thiophene rings is 1. The second-order valence-corrected chi connectivity index (χ2v) is 9.41. The third-order valence-electron chi connectivity index (χ3n) is 6.33. The van der Waals surface area contributed by atoms with E-state index in [0.717, 1.165) is 0 Å². The average molecular weight is 442 g/mol. The summed E-state index contributed by atoms with van der Waals surface area (Å²) in [5, 5.41) is 2.69. The van der Waals surface area contributed by atoms with Crippen LogP contribution >= 0.6 is 11.3 Å². The van der Waals surface area contributed by atoms with Crippen LogP contribution in [0.2, 0.25) is 0 Å². The highest BCUT2D eigenvalue weighted by atomic mass is 32.1. The molecule has 6 aromatic rings. The molecule has 5 aromatic carbocycles. The third-order valence-corrected chi connectivity index (χ3v) is 7.46. The van der Waals surface area contributed by atoms with Gasteiger partial charge in [-0.05, 0) is 58.7 Å². The molecular formula is C31H23NS. The van der Waals surface area contributed by atoms with Gasteiger partial charge in [-0.25, -0.2) is 0 Å². The van der Waals surface area contributed by atoms with Crippen LogP contribution in [0.4, 0.5) is 11.4 Å². The monoisotopic (exact) mass is 441 g/mol. The van der Waals surface area contributed by atoms with Crippen LogP contribution in [0.5, 0.6) is 0 Å². The van der Waals surface area contributed by atoms with Crippen LogP contribution in [0.25, 0.3) is 42.4 Å². The van der Waals surface area contributed by atoms with E-state index < -0.39 is 0 Å². The number of benzene rings is 5. The Hall–Kier alpha value is -3.88. The Morgan fingerprint density at radius 2 is 0.970 bits per heavy atom. The Bertz CT molecular complexity index is 1540. The zero-order valence-electron chi connectivity index (χ0n) is 18.4. The number of anilines is 2. The van der Waals surface area contributed by atoms with Crippen molar-refractivity contribution in [1.29, 1.82) is 0 Å². The van der Waals surface area contributed by atoms with Gasteiger partial charge in [0.05, 0.1) is 0 Å². The maximum absolute atomic E-state index is 2.32. The van der Waals surface area contributed by atoms with Crippen molar-refractivity contribution >= 4 is 42.9 Å². The number of hydrogen-bond acceptors (Lipinski definition) is 2. The minimum absolute atomic E-state index is 1.18. The average Bonchev–Trinajstić information content (AvgIpc) is 3.27. The van der Waals surface area contributed by atoms with Crippen LogP contribution in [0.1, 0.15) is 0 Å². The summed E-state index contributed by atoms with van der Waals surface area (Å²) in [6.07, 6.45) is 0. The van der Waals surface area contributed by atoms with Gasteiger partial charge in [-0.1, -0.05) is 84.9 Å². The first-order valence-electron chi connectivity index (χ1n) is 11.2. The molecule has 0 fully saturated rings. The summed E-state index contributed by atoms with van der Waals surface area (Å²) in [4.78, 5) is 2.23. The molecular weight excluding hydrogens is 418 g/mol. The number of fused-ring (bicyclic) bond motifs is 3. The number of hydrogen-bond donors (Lipinski definition) is 0. The highest BCUT2D eigenvalue weighted by Gasteiger charge is 2.08. The van der Waals surface area contributed by atoms with Gasteiger partial charge >= 0.3 is 0 Å². The molecule has 0 N–H and O–H groups in total. The van der Waals surface area contributed by atoms with E-state index in [-0.39, 0.29) is 0 Å². The fraction of sp³-hybridized carbons (Fsp3) is 0.0323. The van der Waals surface area contributed by atoms with Crippen molar-refractivity contribution in [3.63, 3.8) is 0 Å². The summed E-state index contributed by atoms with van der Waals surface area (Å²) in [6, 6.07) is 43.6. The zero-order chi connectivity index (χ0) is 22.2. The Kier molecular flexibility index (Phi) is 4.93. The van der Waals surface area contributed by atoms with Gasteiger partial charge in [0.1, 0.15) is 0 Å². The summed E-state index contributed by atoms with van der Waals surface area (Å²) in [7, 11) is 2.12. The van der Waals surface area contributed by atoms with Crippen molar-refractivity contribution in [2.75, 3.05) is 11.9 Å². The van der Waals surface area contributed by atoms with Crippen molar-refractivity contribution in [3.8, 4) is 22.3 Å². The van der Waals surface area contributed by atoms with Gasteiger partial charge in [0.2, 0.25) is 0 Å². The van der Waals surface area contributed by atoms with Crippen LogP contribution in [0, 0.1) is 0 Å². The molecule has 0 saturated carbocycles. The molecule has 0 unspecified atom stereocenters. The topological polar surface area (TPSA) is 3.24 Å². The molecule has 0 bridgehead atoms. The molecule has 0 radical (unpaired) electrons. The standard InChI is InChI=1S/C31H23NS/c1-32(26-16-11-23(12-17-26)22-7-3-2-4-8-22)27-18-13-24(14-19-27)25-15-20-29-28-9-5-6-10-30(28)33-31(29)21-25/h2-21H,1H3. The van der Waals surface area contributed by atoms with Crippen LogP contribution in [0.15, 0.2) is 121 Å². The lowest BCUT2D eigenvalue weighted by Gasteiger charge is -2.20. The molecule has 1 heterocycles. The van der Waals surface area contributed by atoms with Crippen molar-refractivity contribution in [1.82, 2.24) is 0 Å². The van der Waals surface area contributed by atoms with E-state index in [2.05, 4.69) is 133 Å². The first-order chi connectivity index (χ1) is 16.3. The van der Waals surface area contributed by atoms with Gasteiger partial charge in [-0.2, -0.15) is 0 Å². The van der Waals surface area contributed by atoms with E-state index in [9.17, 15) is 0 Å². The van der Waals surface area contributed by atoms with E-state index in [4.69, 9.17) is 0 Å². The summed E-state index contributed by atoms with van der Waals surface area (Å²) in [5.41, 5.74) is 7.33. The van der Waals surface area contributed by atoms with Gasteiger partial charge in [0.15, 0.2) is 0 Å². The van der Waals surface area contributed by atoms with Gasteiger partial charge in [0.25, 0.3) is 0 Å². The molecule has 0 aliphatic rings. The van der Waals surface area contributed by atoms with Crippen molar-refractivity contribution in [2.45, 2.75) is 0 Å². The zero-order valence-corrected chi connectivity index (χ0v) is 19.2. The third kappa shape index (κ3) is 3.69. The second kappa shape index (κ2) is 8.23. The molecule has 0 saturated heterocycles. The van der Waals surface area contributed by atoms with Crippen LogP contribution in [0.3, 0.4) is 0 Å². The van der Waals surface area contributed by atoms with Crippen LogP contribution < -0.4 is 4.90 Å². The Balaban J connectivity index is 1.26. The predicted molar refractivity (Wildman–Crippen MR) is 145 cm³/mol. The maximum atomic E-state index is 2.32. The first kappa shape index (κ1) is 19.8. The van der Waals surface area contributed by atoms with E-state index >= 15 is 0 Å². The first-order valence-corrected chi connectivity index (χ1v) is 12.0. The fourth-order valence-corrected chi connectivity index (χ4v) is 5.59. The molecule has 33 heavy (non-hydrogen) atoms. The highest BCUT2D eigenvalue weighted by molar-refractivity contribution is 7.25. The summed E-state index contributed by atoms with van der Waals surface area (Å²) < 4.78 is 2.69. The van der Waals surface area contributed by atoms with Crippen molar-refractivity contribution < 1.29 is 0 Å². The molecule has 1 aromatic heterocycles.